The second-order valence-electron chi connectivity index (χ2n) is 7.86. The van der Waals surface area contributed by atoms with Gasteiger partial charge in [0, 0.05) is 27.1 Å². The van der Waals surface area contributed by atoms with Crippen LogP contribution in [0.5, 0.6) is 0 Å². The lowest BCUT2D eigenvalue weighted by atomic mass is 10.2. The molecule has 0 radical (unpaired) electrons. The number of carbonyl (C=O) groups is 2. The highest BCUT2D eigenvalue weighted by molar-refractivity contribution is 5.97. The van der Waals surface area contributed by atoms with E-state index in [-0.39, 0.29) is 5.91 Å². The second-order valence-corrected chi connectivity index (χ2v) is 7.86. The molecule has 2 aromatic heterocycles. The number of nitrogens with zero attached hydrogens (tertiary/aromatic N) is 5. The van der Waals surface area contributed by atoms with Gasteiger partial charge in [-0.3, -0.25) is 9.59 Å². The fraction of sp³-hybridized carbons (Fsp3) is 0.391. The first-order valence-electron chi connectivity index (χ1n) is 10.5. The number of hydrogen-bond donors (Lipinski definition) is 0. The summed E-state index contributed by atoms with van der Waals surface area (Å²) in [5, 5.41) is 0. The number of imidazole rings is 1. The Morgan fingerprint density at radius 3 is 2.58 bits per heavy atom. The molecule has 1 fully saturated rings. The van der Waals surface area contributed by atoms with Crippen LogP contribution in [-0.4, -0.2) is 52.7 Å². The highest BCUT2D eigenvalue weighted by atomic mass is 16.5. The summed E-state index contributed by atoms with van der Waals surface area (Å²) in [6, 6.07) is 12.2. The summed E-state index contributed by atoms with van der Waals surface area (Å²) < 4.78 is 7.21. The van der Waals surface area contributed by atoms with E-state index in [1.54, 1.807) is 20.2 Å². The third kappa shape index (κ3) is 4.38. The van der Waals surface area contributed by atoms with Crippen LogP contribution in [0, 0.1) is 0 Å². The molecule has 1 saturated heterocycles. The van der Waals surface area contributed by atoms with Gasteiger partial charge < -0.3 is 19.1 Å². The molecule has 1 atom stereocenters. The van der Waals surface area contributed by atoms with Gasteiger partial charge in [0.25, 0.3) is 5.91 Å². The second kappa shape index (κ2) is 8.75. The Balaban J connectivity index is 1.72. The Labute approximate surface area is 181 Å². The Hall–Kier alpha value is -3.42. The Morgan fingerprint density at radius 2 is 1.90 bits per heavy atom. The number of carbonyl (C=O) groups excluding carboxylic acids is 2. The molecular weight excluding hydrogens is 394 g/mol. The van der Waals surface area contributed by atoms with Crippen molar-refractivity contribution in [2.24, 2.45) is 0 Å². The lowest BCUT2D eigenvalue weighted by Crippen LogP contribution is -2.37. The van der Waals surface area contributed by atoms with Crippen molar-refractivity contribution in [3.05, 3.63) is 48.2 Å². The van der Waals surface area contributed by atoms with E-state index in [1.165, 1.54) is 17.4 Å². The van der Waals surface area contributed by atoms with Gasteiger partial charge in [0.05, 0.1) is 23.9 Å². The smallest absolute Gasteiger partial charge is 0.303 e. The number of aromatic nitrogens is 3. The first kappa shape index (κ1) is 20.8. The quantitative estimate of drug-likeness (QED) is 0.569. The molecule has 0 unspecified atom stereocenters. The summed E-state index contributed by atoms with van der Waals surface area (Å²) >= 11 is 0. The minimum absolute atomic E-state index is 0.315. The molecule has 1 aromatic carbocycles. The van der Waals surface area contributed by atoms with Crippen molar-refractivity contribution in [3.8, 4) is 0 Å². The summed E-state index contributed by atoms with van der Waals surface area (Å²) in [5.41, 5.74) is 3.30. The van der Waals surface area contributed by atoms with E-state index in [2.05, 4.69) is 26.6 Å². The number of pyridine rings is 1. The van der Waals surface area contributed by atoms with Gasteiger partial charge in [-0.2, -0.15) is 4.98 Å². The zero-order chi connectivity index (χ0) is 22.0. The molecule has 0 saturated carbocycles. The van der Waals surface area contributed by atoms with E-state index >= 15 is 0 Å². The Morgan fingerprint density at radius 1 is 1.19 bits per heavy atom. The van der Waals surface area contributed by atoms with Gasteiger partial charge in [0.1, 0.15) is 0 Å². The van der Waals surface area contributed by atoms with Crippen LogP contribution in [0.25, 0.3) is 11.2 Å². The number of ether oxygens (including phenoxy) is 1. The van der Waals surface area contributed by atoms with Crippen LogP contribution < -0.4 is 9.80 Å². The van der Waals surface area contributed by atoms with Crippen molar-refractivity contribution in [3.63, 3.8) is 0 Å². The number of amides is 1. The van der Waals surface area contributed by atoms with E-state index in [0.29, 0.717) is 17.9 Å². The van der Waals surface area contributed by atoms with E-state index < -0.39 is 12.1 Å². The molecule has 4 rings (SSSR count). The molecule has 3 heterocycles. The topological polar surface area (TPSA) is 80.6 Å². The summed E-state index contributed by atoms with van der Waals surface area (Å²) in [5.74, 6) is 0.104. The maximum Gasteiger partial charge on any atom is 0.303 e. The predicted octanol–water partition coefficient (Wildman–Crippen LogP) is 2.99. The summed E-state index contributed by atoms with van der Waals surface area (Å²) in [6.07, 6.45) is 3.07. The SMILES string of the molecule is CC(=O)O[C@@H](C)C(=O)N(C)c1cnc2nc(N3CCCC3)n(Cc3ccccc3)c2c1. The molecular formula is C23H27N5O3. The third-order valence-corrected chi connectivity index (χ3v) is 5.55. The Kier molecular flexibility index (Phi) is 5.88. The average Bonchev–Trinajstić information content (AvgIpc) is 3.41. The number of rotatable bonds is 6. The lowest BCUT2D eigenvalue weighted by Gasteiger charge is -2.21. The summed E-state index contributed by atoms with van der Waals surface area (Å²) in [6.45, 7) is 5.47. The van der Waals surface area contributed by atoms with Crippen LogP contribution in [0.3, 0.4) is 0 Å². The van der Waals surface area contributed by atoms with Crippen molar-refractivity contribution in [2.75, 3.05) is 29.9 Å². The molecule has 0 bridgehead atoms. The summed E-state index contributed by atoms with van der Waals surface area (Å²) in [4.78, 5) is 37.0. The minimum Gasteiger partial charge on any atom is -0.453 e. The van der Waals surface area contributed by atoms with Crippen LogP contribution >= 0.6 is 0 Å². The highest BCUT2D eigenvalue weighted by Gasteiger charge is 2.24. The molecule has 1 amide bonds. The lowest BCUT2D eigenvalue weighted by molar-refractivity contribution is -0.151. The fourth-order valence-corrected chi connectivity index (χ4v) is 3.95. The van der Waals surface area contributed by atoms with E-state index in [0.717, 1.165) is 37.4 Å². The van der Waals surface area contributed by atoms with Crippen LogP contribution in [0.1, 0.15) is 32.3 Å². The van der Waals surface area contributed by atoms with Crippen molar-refractivity contribution in [2.45, 2.75) is 39.3 Å². The molecule has 0 aliphatic carbocycles. The largest absolute Gasteiger partial charge is 0.453 e. The van der Waals surface area contributed by atoms with Gasteiger partial charge in [0.2, 0.25) is 5.95 Å². The zero-order valence-electron chi connectivity index (χ0n) is 18.1. The Bertz CT molecular complexity index is 1090. The number of esters is 1. The minimum atomic E-state index is -0.868. The van der Waals surface area contributed by atoms with Gasteiger partial charge in [-0.05, 0) is 31.4 Å². The number of anilines is 2. The first-order chi connectivity index (χ1) is 14.9. The third-order valence-electron chi connectivity index (χ3n) is 5.55. The average molecular weight is 422 g/mol. The van der Waals surface area contributed by atoms with E-state index in [1.807, 2.05) is 24.3 Å². The number of fused-ring (bicyclic) bond motifs is 1. The monoisotopic (exact) mass is 421 g/mol. The maximum atomic E-state index is 12.7. The van der Waals surface area contributed by atoms with Gasteiger partial charge >= 0.3 is 5.97 Å². The van der Waals surface area contributed by atoms with Gasteiger partial charge in [-0.1, -0.05) is 30.3 Å². The molecule has 8 heteroatoms. The molecule has 162 valence electrons. The van der Waals surface area contributed by atoms with Crippen LogP contribution in [0.4, 0.5) is 11.6 Å². The van der Waals surface area contributed by atoms with Crippen LogP contribution in [-0.2, 0) is 20.9 Å². The number of likely N-dealkylation sites (N-methyl/N-ethyl adjacent to an activating group) is 1. The fourth-order valence-electron chi connectivity index (χ4n) is 3.95. The van der Waals surface area contributed by atoms with Crippen molar-refractivity contribution < 1.29 is 14.3 Å². The maximum absolute atomic E-state index is 12.7. The molecule has 0 N–H and O–H groups in total. The molecule has 1 aliphatic heterocycles. The normalized spacial score (nSPS) is 14.6. The predicted molar refractivity (Wildman–Crippen MR) is 119 cm³/mol. The van der Waals surface area contributed by atoms with E-state index in [9.17, 15) is 9.59 Å². The van der Waals surface area contributed by atoms with E-state index in [4.69, 9.17) is 9.72 Å². The van der Waals surface area contributed by atoms with Crippen molar-refractivity contribution in [1.82, 2.24) is 14.5 Å². The number of benzene rings is 1. The van der Waals surface area contributed by atoms with Crippen molar-refractivity contribution in [1.29, 1.82) is 0 Å². The van der Waals surface area contributed by atoms with Crippen LogP contribution in [0.15, 0.2) is 42.6 Å². The van der Waals surface area contributed by atoms with Gasteiger partial charge in [-0.15, -0.1) is 0 Å². The van der Waals surface area contributed by atoms with Gasteiger partial charge in [0.15, 0.2) is 11.8 Å². The molecule has 8 nitrogen and oxygen atoms in total. The molecule has 31 heavy (non-hydrogen) atoms. The molecule has 1 aliphatic rings. The first-order valence-corrected chi connectivity index (χ1v) is 10.5. The highest BCUT2D eigenvalue weighted by Crippen LogP contribution is 2.28. The van der Waals surface area contributed by atoms with Crippen LogP contribution in [0.2, 0.25) is 0 Å². The van der Waals surface area contributed by atoms with Gasteiger partial charge in [-0.25, -0.2) is 4.98 Å². The molecule has 3 aromatic rings. The molecule has 0 spiro atoms. The zero-order valence-corrected chi connectivity index (χ0v) is 18.1. The van der Waals surface area contributed by atoms with Crippen molar-refractivity contribution >= 4 is 34.7 Å². The standard InChI is InChI=1S/C23H27N5O3/c1-16(31-17(2)29)22(30)26(3)19-13-20-21(24-14-19)25-23(27-11-7-8-12-27)28(20)15-18-9-5-4-6-10-18/h4-6,9-10,13-14,16H,7-8,11-12,15H2,1-3H3/t16-/m0/s1. The number of hydrogen-bond acceptors (Lipinski definition) is 6. The summed E-state index contributed by atoms with van der Waals surface area (Å²) in [7, 11) is 1.66.